The molecule has 1 aliphatic rings. The molecule has 2 heterocycles. The van der Waals surface area contributed by atoms with E-state index in [0.29, 0.717) is 5.92 Å². The molecule has 1 aromatic heterocycles. The van der Waals surface area contributed by atoms with Gasteiger partial charge in [-0.25, -0.2) is 4.79 Å². The second-order valence-corrected chi connectivity index (χ2v) is 4.35. The number of nitrogens with one attached hydrogen (secondary N) is 1. The van der Waals surface area contributed by atoms with Gasteiger partial charge in [0.2, 0.25) is 5.76 Å². The number of carbonyl (C=O) groups is 1. The molecule has 0 bridgehead atoms. The number of hydrogen-bond donors (Lipinski definition) is 1. The molecule has 0 amide bonds. The molecule has 0 spiro atoms. The van der Waals surface area contributed by atoms with Crippen LogP contribution >= 0.6 is 0 Å². The molecule has 2 atom stereocenters. The first kappa shape index (κ1) is 13.1. The highest BCUT2D eigenvalue weighted by molar-refractivity contribution is 5.86. The topological polar surface area (TPSA) is 60.7 Å². The van der Waals surface area contributed by atoms with Gasteiger partial charge in [0.15, 0.2) is 0 Å². The van der Waals surface area contributed by atoms with Crippen molar-refractivity contribution in [3.63, 3.8) is 0 Å². The van der Waals surface area contributed by atoms with Crippen LogP contribution in [0.25, 0.3) is 0 Å². The van der Waals surface area contributed by atoms with Crippen LogP contribution in [0.3, 0.4) is 0 Å². The van der Waals surface area contributed by atoms with E-state index in [1.165, 1.54) is 7.11 Å². The van der Waals surface area contributed by atoms with E-state index in [4.69, 9.17) is 9.15 Å². The maximum Gasteiger partial charge on any atom is 0.373 e. The highest BCUT2D eigenvalue weighted by atomic mass is 16.5. The third kappa shape index (κ3) is 2.73. The van der Waals surface area contributed by atoms with Gasteiger partial charge in [-0.15, -0.1) is 0 Å². The molecule has 100 valence electrons. The molecule has 1 aromatic rings. The Morgan fingerprint density at radius 3 is 3.06 bits per heavy atom. The van der Waals surface area contributed by atoms with Crippen LogP contribution in [0.5, 0.6) is 0 Å². The Morgan fingerprint density at radius 2 is 2.44 bits per heavy atom. The van der Waals surface area contributed by atoms with Crippen LogP contribution in [0.4, 0.5) is 0 Å². The van der Waals surface area contributed by atoms with Gasteiger partial charge < -0.3 is 19.2 Å². The summed E-state index contributed by atoms with van der Waals surface area (Å²) in [6.45, 7) is 4.41. The van der Waals surface area contributed by atoms with E-state index in [2.05, 4.69) is 10.1 Å². The molecule has 18 heavy (non-hydrogen) atoms. The summed E-state index contributed by atoms with van der Waals surface area (Å²) >= 11 is 0. The van der Waals surface area contributed by atoms with Crippen LogP contribution in [0.15, 0.2) is 16.5 Å². The standard InChI is InChI=1S/C13H19NO4/c1-3-14-12(9-6-7-17-8-9)10-4-5-11(18-10)13(15)16-2/h4-5,9,12,14H,3,6-8H2,1-2H3. The Morgan fingerprint density at radius 1 is 1.61 bits per heavy atom. The molecule has 0 radical (unpaired) electrons. The summed E-state index contributed by atoms with van der Waals surface area (Å²) in [4.78, 5) is 11.4. The van der Waals surface area contributed by atoms with Gasteiger partial charge in [-0.1, -0.05) is 6.92 Å². The van der Waals surface area contributed by atoms with E-state index in [0.717, 1.165) is 31.9 Å². The maximum absolute atomic E-state index is 11.4. The third-order valence-electron chi connectivity index (χ3n) is 3.18. The van der Waals surface area contributed by atoms with Crippen molar-refractivity contribution in [1.82, 2.24) is 5.32 Å². The average molecular weight is 253 g/mol. The van der Waals surface area contributed by atoms with Gasteiger partial charge in [0.05, 0.1) is 19.8 Å². The molecule has 5 heteroatoms. The minimum atomic E-state index is -0.445. The summed E-state index contributed by atoms with van der Waals surface area (Å²) in [7, 11) is 1.34. The zero-order valence-corrected chi connectivity index (χ0v) is 10.8. The van der Waals surface area contributed by atoms with Gasteiger partial charge in [-0.05, 0) is 25.1 Å². The Bertz CT molecular complexity index is 395. The SMILES string of the molecule is CCNC(c1ccc(C(=O)OC)o1)C1CCOC1. The fourth-order valence-corrected chi connectivity index (χ4v) is 2.27. The molecule has 0 aromatic carbocycles. The monoisotopic (exact) mass is 253 g/mol. The molecular formula is C13H19NO4. The summed E-state index contributed by atoms with van der Waals surface area (Å²) < 4.78 is 15.6. The van der Waals surface area contributed by atoms with Crippen molar-refractivity contribution in [3.8, 4) is 0 Å². The molecule has 2 rings (SSSR count). The number of carbonyl (C=O) groups excluding carboxylic acids is 1. The zero-order chi connectivity index (χ0) is 13.0. The lowest BCUT2D eigenvalue weighted by molar-refractivity contribution is 0.0560. The summed E-state index contributed by atoms with van der Waals surface area (Å²) in [5, 5.41) is 3.39. The van der Waals surface area contributed by atoms with Crippen LogP contribution in [0.1, 0.15) is 35.7 Å². The molecule has 1 fully saturated rings. The van der Waals surface area contributed by atoms with Crippen molar-refractivity contribution in [2.24, 2.45) is 5.92 Å². The quantitative estimate of drug-likeness (QED) is 0.810. The van der Waals surface area contributed by atoms with Gasteiger partial charge in [-0.3, -0.25) is 0 Å². The highest BCUT2D eigenvalue weighted by Gasteiger charge is 2.29. The van der Waals surface area contributed by atoms with E-state index >= 15 is 0 Å². The van der Waals surface area contributed by atoms with Crippen LogP contribution < -0.4 is 5.32 Å². The van der Waals surface area contributed by atoms with E-state index in [1.807, 2.05) is 13.0 Å². The van der Waals surface area contributed by atoms with Crippen LogP contribution in [0, 0.1) is 5.92 Å². The number of esters is 1. The van der Waals surface area contributed by atoms with Crippen molar-refractivity contribution in [3.05, 3.63) is 23.7 Å². The van der Waals surface area contributed by atoms with Crippen molar-refractivity contribution in [1.29, 1.82) is 0 Å². The van der Waals surface area contributed by atoms with E-state index in [-0.39, 0.29) is 11.8 Å². The molecular weight excluding hydrogens is 234 g/mol. The van der Waals surface area contributed by atoms with Gasteiger partial charge in [-0.2, -0.15) is 0 Å². The first-order chi connectivity index (χ1) is 8.76. The number of methoxy groups -OCH3 is 1. The first-order valence-corrected chi connectivity index (χ1v) is 6.25. The fourth-order valence-electron chi connectivity index (χ4n) is 2.27. The van der Waals surface area contributed by atoms with Crippen LogP contribution in [0.2, 0.25) is 0 Å². The van der Waals surface area contributed by atoms with Gasteiger partial charge >= 0.3 is 5.97 Å². The predicted molar refractivity (Wildman–Crippen MR) is 65.4 cm³/mol. The van der Waals surface area contributed by atoms with Crippen LogP contribution in [-0.4, -0.2) is 32.8 Å². The number of furan rings is 1. The lowest BCUT2D eigenvalue weighted by Gasteiger charge is -2.20. The summed E-state index contributed by atoms with van der Waals surface area (Å²) in [5.41, 5.74) is 0. The Labute approximate surface area is 106 Å². The number of ether oxygens (including phenoxy) is 2. The molecule has 1 aliphatic heterocycles. The second-order valence-electron chi connectivity index (χ2n) is 4.35. The van der Waals surface area contributed by atoms with E-state index < -0.39 is 5.97 Å². The smallest absolute Gasteiger partial charge is 0.373 e. The minimum Gasteiger partial charge on any atom is -0.463 e. The molecule has 0 saturated carbocycles. The molecule has 5 nitrogen and oxygen atoms in total. The predicted octanol–water partition coefficient (Wildman–Crippen LogP) is 1.75. The lowest BCUT2D eigenvalue weighted by Crippen LogP contribution is -2.28. The number of hydrogen-bond acceptors (Lipinski definition) is 5. The van der Waals surface area contributed by atoms with Crippen molar-refractivity contribution in [2.45, 2.75) is 19.4 Å². The zero-order valence-electron chi connectivity index (χ0n) is 10.8. The van der Waals surface area contributed by atoms with E-state index in [9.17, 15) is 4.79 Å². The molecule has 0 aliphatic carbocycles. The summed E-state index contributed by atoms with van der Waals surface area (Å²) in [6.07, 6.45) is 1.01. The molecule has 2 unspecified atom stereocenters. The maximum atomic E-state index is 11.4. The Kier molecular flexibility index (Phi) is 4.38. The Hall–Kier alpha value is -1.33. The highest BCUT2D eigenvalue weighted by Crippen LogP contribution is 2.30. The molecule has 1 saturated heterocycles. The lowest BCUT2D eigenvalue weighted by atomic mass is 9.97. The third-order valence-corrected chi connectivity index (χ3v) is 3.18. The van der Waals surface area contributed by atoms with Crippen molar-refractivity contribution in [2.75, 3.05) is 26.9 Å². The molecule has 1 N–H and O–H groups in total. The summed E-state index contributed by atoms with van der Waals surface area (Å²) in [5.74, 6) is 0.961. The largest absolute Gasteiger partial charge is 0.463 e. The van der Waals surface area contributed by atoms with Gasteiger partial charge in [0.25, 0.3) is 0 Å². The van der Waals surface area contributed by atoms with Crippen molar-refractivity contribution < 1.29 is 18.7 Å². The minimum absolute atomic E-state index is 0.0934. The second kappa shape index (κ2) is 6.02. The average Bonchev–Trinajstić information content (AvgIpc) is 3.06. The van der Waals surface area contributed by atoms with E-state index in [1.54, 1.807) is 6.07 Å². The normalized spacial score (nSPS) is 20.9. The Balaban J connectivity index is 2.14. The van der Waals surface area contributed by atoms with Gasteiger partial charge in [0, 0.05) is 12.5 Å². The fraction of sp³-hybridized carbons (Fsp3) is 0.615. The van der Waals surface area contributed by atoms with Gasteiger partial charge in [0.1, 0.15) is 5.76 Å². The van der Waals surface area contributed by atoms with Crippen LogP contribution in [-0.2, 0) is 9.47 Å². The number of rotatable bonds is 5. The summed E-state index contributed by atoms with van der Waals surface area (Å²) in [6, 6.07) is 3.58. The first-order valence-electron chi connectivity index (χ1n) is 6.25. The van der Waals surface area contributed by atoms with Crippen molar-refractivity contribution >= 4 is 5.97 Å².